The van der Waals surface area contributed by atoms with Gasteiger partial charge in [-0.2, -0.15) is 5.26 Å². The second kappa shape index (κ2) is 10.1. The third-order valence-corrected chi connectivity index (χ3v) is 6.22. The van der Waals surface area contributed by atoms with Crippen LogP contribution in [0.15, 0.2) is 70.0 Å². The fourth-order valence-corrected chi connectivity index (χ4v) is 4.64. The van der Waals surface area contributed by atoms with Gasteiger partial charge in [-0.15, -0.1) is 0 Å². The topological polar surface area (TPSA) is 102 Å². The molecule has 7 heteroatoms. The Kier molecular flexibility index (Phi) is 7.29. The first kappa shape index (κ1) is 22.3. The van der Waals surface area contributed by atoms with E-state index in [9.17, 15) is 14.9 Å². The maximum absolute atomic E-state index is 9.55. The zero-order valence-corrected chi connectivity index (χ0v) is 17.9. The Morgan fingerprint density at radius 1 is 1.00 bits per heavy atom. The van der Waals surface area contributed by atoms with Gasteiger partial charge in [-0.05, 0) is 60.9 Å². The van der Waals surface area contributed by atoms with Gasteiger partial charge < -0.3 is 15.1 Å². The molecule has 6 nitrogen and oxygen atoms in total. The van der Waals surface area contributed by atoms with Crippen molar-refractivity contribution < 1.29 is 19.8 Å². The number of rotatable bonds is 2. The van der Waals surface area contributed by atoms with E-state index in [0.29, 0.717) is 12.2 Å². The summed E-state index contributed by atoms with van der Waals surface area (Å²) in [5.74, 6) is -2.51. The van der Waals surface area contributed by atoms with E-state index in [1.54, 1.807) is 0 Å². The molecule has 0 bridgehead atoms. The minimum absolute atomic E-state index is 0.558. The number of fused-ring (bicyclic) bond motifs is 2. The van der Waals surface area contributed by atoms with Crippen molar-refractivity contribution in [3.05, 3.63) is 76.9 Å². The first-order valence-electron chi connectivity index (χ1n) is 9.75. The van der Waals surface area contributed by atoms with E-state index in [2.05, 4.69) is 54.4 Å². The molecule has 0 aliphatic carbocycles. The van der Waals surface area contributed by atoms with Crippen LogP contribution >= 0.6 is 11.8 Å². The highest BCUT2D eigenvalue weighted by Gasteiger charge is 2.25. The summed E-state index contributed by atoms with van der Waals surface area (Å²) in [7, 11) is 2.19. The lowest BCUT2D eigenvalue weighted by atomic mass is 9.87. The number of carboxylic acid groups (broad SMARTS) is 2. The number of hydrogen-bond donors (Lipinski definition) is 2. The van der Waals surface area contributed by atoms with E-state index < -0.39 is 11.9 Å². The molecule has 0 spiro atoms. The summed E-state index contributed by atoms with van der Waals surface area (Å²) in [4.78, 5) is 24.1. The number of piperidine rings is 1. The molecule has 0 amide bonds. The molecule has 2 N–H and O–H groups in total. The van der Waals surface area contributed by atoms with E-state index in [1.165, 1.54) is 32.1 Å². The summed E-state index contributed by atoms with van der Waals surface area (Å²) in [6.07, 6.45) is 3.34. The van der Waals surface area contributed by atoms with Crippen LogP contribution in [0.1, 0.15) is 29.5 Å². The van der Waals surface area contributed by atoms with Crippen LogP contribution in [-0.4, -0.2) is 47.2 Å². The molecular formula is C24H22N2O4S. The van der Waals surface area contributed by atoms with Gasteiger partial charge in [-0.3, -0.25) is 0 Å². The lowest BCUT2D eigenvalue weighted by molar-refractivity contribution is -0.134. The quantitative estimate of drug-likeness (QED) is 0.581. The van der Waals surface area contributed by atoms with Gasteiger partial charge in [-0.25, -0.2) is 9.59 Å². The van der Waals surface area contributed by atoms with Crippen LogP contribution in [0.2, 0.25) is 0 Å². The van der Waals surface area contributed by atoms with Crippen LogP contribution < -0.4 is 0 Å². The third kappa shape index (κ3) is 5.63. The minimum Gasteiger partial charge on any atom is -0.478 e. The highest BCUT2D eigenvalue weighted by atomic mass is 32.2. The summed E-state index contributed by atoms with van der Waals surface area (Å²) >= 11 is 1.82. The molecule has 0 saturated carbocycles. The average Bonchev–Trinajstić information content (AvgIpc) is 2.77. The molecule has 2 aliphatic rings. The zero-order chi connectivity index (χ0) is 22.4. The van der Waals surface area contributed by atoms with Crippen LogP contribution in [0.3, 0.4) is 0 Å². The average molecular weight is 435 g/mol. The molecule has 31 heavy (non-hydrogen) atoms. The molecule has 1 fully saturated rings. The van der Waals surface area contributed by atoms with Gasteiger partial charge in [0, 0.05) is 35.0 Å². The smallest absolute Gasteiger partial charge is 0.328 e. The second-order valence-corrected chi connectivity index (χ2v) is 8.30. The van der Waals surface area contributed by atoms with Crippen molar-refractivity contribution in [2.45, 2.75) is 22.6 Å². The summed E-state index contributed by atoms with van der Waals surface area (Å²) < 4.78 is 0. The van der Waals surface area contributed by atoms with Gasteiger partial charge in [0.25, 0.3) is 0 Å². The molecule has 0 aromatic heterocycles. The molecule has 0 atom stereocenters. The highest BCUT2D eigenvalue weighted by molar-refractivity contribution is 7.99. The summed E-state index contributed by atoms with van der Waals surface area (Å²) in [6, 6.07) is 17.0. The Hall–Kier alpha value is -3.34. The molecule has 2 aliphatic heterocycles. The molecular weight excluding hydrogens is 412 g/mol. The molecule has 2 heterocycles. The van der Waals surface area contributed by atoms with Crippen molar-refractivity contribution in [2.24, 2.45) is 0 Å². The lowest BCUT2D eigenvalue weighted by Crippen LogP contribution is -2.27. The fraction of sp³-hybridized carbons (Fsp3) is 0.208. The van der Waals surface area contributed by atoms with Gasteiger partial charge in [0.15, 0.2) is 0 Å². The molecule has 0 unspecified atom stereocenters. The van der Waals surface area contributed by atoms with E-state index in [0.717, 1.165) is 31.5 Å². The number of nitrogens with zero attached hydrogens (tertiary/aromatic N) is 2. The van der Waals surface area contributed by atoms with E-state index >= 15 is 0 Å². The minimum atomic E-state index is -1.26. The number of carbonyl (C=O) groups is 2. The van der Waals surface area contributed by atoms with Crippen LogP contribution in [0, 0.1) is 11.3 Å². The van der Waals surface area contributed by atoms with E-state index in [4.69, 9.17) is 10.2 Å². The van der Waals surface area contributed by atoms with Crippen LogP contribution in [0.25, 0.3) is 5.57 Å². The first-order chi connectivity index (χ1) is 14.9. The third-order valence-electron chi connectivity index (χ3n) is 5.07. The molecule has 0 radical (unpaired) electrons. The molecule has 1 saturated heterocycles. The Bertz CT molecular complexity index is 1090. The van der Waals surface area contributed by atoms with Crippen molar-refractivity contribution in [1.29, 1.82) is 5.26 Å². The van der Waals surface area contributed by atoms with Crippen molar-refractivity contribution in [1.82, 2.24) is 4.90 Å². The van der Waals surface area contributed by atoms with Crippen LogP contribution in [0.4, 0.5) is 0 Å². The van der Waals surface area contributed by atoms with E-state index in [-0.39, 0.29) is 0 Å². The standard InChI is InChI=1S/C20H18N2S.C4H4O4/c1-22-10-8-15(9-11-22)20-16-4-2-3-5-18(16)23-19-7-6-14(13-21)12-17(19)20;5-3(6)1-2-4(7)8/h2-7,12H,8-11H2,1H3;1-2H,(H,5,6)(H,7,8). The van der Waals surface area contributed by atoms with Gasteiger partial charge in [0.05, 0.1) is 11.6 Å². The molecule has 4 rings (SSSR count). The van der Waals surface area contributed by atoms with Crippen molar-refractivity contribution in [3.63, 3.8) is 0 Å². The SMILES string of the molecule is CN1CCC(=C2c3ccccc3Sc3ccc(C#N)cc32)CC1.O=C(O)C=CC(=O)O. The summed E-state index contributed by atoms with van der Waals surface area (Å²) in [6.45, 7) is 2.23. The predicted molar refractivity (Wildman–Crippen MR) is 119 cm³/mol. The number of carboxylic acids is 2. The predicted octanol–water partition coefficient (Wildman–Crippen LogP) is 4.26. The van der Waals surface area contributed by atoms with Gasteiger partial charge in [-0.1, -0.05) is 35.5 Å². The molecule has 158 valence electrons. The Balaban J connectivity index is 0.000000293. The zero-order valence-electron chi connectivity index (χ0n) is 17.0. The number of nitriles is 1. The van der Waals surface area contributed by atoms with Gasteiger partial charge in [0.1, 0.15) is 0 Å². The maximum Gasteiger partial charge on any atom is 0.328 e. The lowest BCUT2D eigenvalue weighted by Gasteiger charge is -2.30. The van der Waals surface area contributed by atoms with Crippen LogP contribution in [0.5, 0.6) is 0 Å². The van der Waals surface area contributed by atoms with Gasteiger partial charge >= 0.3 is 11.9 Å². The normalized spacial score (nSPS) is 15.4. The fourth-order valence-electron chi connectivity index (χ4n) is 3.57. The van der Waals surface area contributed by atoms with Gasteiger partial charge in [0.2, 0.25) is 0 Å². The second-order valence-electron chi connectivity index (χ2n) is 7.21. The Labute approximate surface area is 185 Å². The molecule has 2 aromatic carbocycles. The summed E-state index contributed by atoms with van der Waals surface area (Å²) in [5.41, 5.74) is 6.23. The maximum atomic E-state index is 9.55. The Morgan fingerprint density at radius 3 is 2.23 bits per heavy atom. The van der Waals surface area contributed by atoms with Crippen molar-refractivity contribution >= 4 is 29.3 Å². The van der Waals surface area contributed by atoms with Crippen molar-refractivity contribution in [3.8, 4) is 6.07 Å². The number of likely N-dealkylation sites (tertiary alicyclic amines) is 1. The largest absolute Gasteiger partial charge is 0.478 e. The number of benzene rings is 2. The Morgan fingerprint density at radius 2 is 1.61 bits per heavy atom. The van der Waals surface area contributed by atoms with Crippen molar-refractivity contribution in [2.75, 3.05) is 20.1 Å². The van der Waals surface area contributed by atoms with Crippen LogP contribution in [-0.2, 0) is 9.59 Å². The molecule has 2 aromatic rings. The highest BCUT2D eigenvalue weighted by Crippen LogP contribution is 2.47. The first-order valence-corrected chi connectivity index (χ1v) is 10.6. The monoisotopic (exact) mass is 434 g/mol. The van der Waals surface area contributed by atoms with E-state index in [1.807, 2.05) is 17.8 Å². The summed E-state index contributed by atoms with van der Waals surface area (Å²) in [5, 5.41) is 24.9. The number of hydrogen-bond acceptors (Lipinski definition) is 5. The number of aliphatic carboxylic acids is 2.